The van der Waals surface area contributed by atoms with E-state index < -0.39 is 28.2 Å². The van der Waals surface area contributed by atoms with Crippen molar-refractivity contribution >= 4 is 40.7 Å². The van der Waals surface area contributed by atoms with Gasteiger partial charge in [-0.1, -0.05) is 65.1 Å². The molecular formula is C16H20Cl3NO5. The van der Waals surface area contributed by atoms with Crippen LogP contribution in [0.3, 0.4) is 0 Å². The fourth-order valence-corrected chi connectivity index (χ4v) is 2.59. The predicted octanol–water partition coefficient (Wildman–Crippen LogP) is 3.32. The Labute approximate surface area is 161 Å². The van der Waals surface area contributed by atoms with E-state index in [2.05, 4.69) is 0 Å². The van der Waals surface area contributed by atoms with Gasteiger partial charge in [0.05, 0.1) is 13.2 Å². The summed E-state index contributed by atoms with van der Waals surface area (Å²) in [7, 11) is 3.09. The van der Waals surface area contributed by atoms with Crippen LogP contribution in [0.2, 0.25) is 0 Å². The average molecular weight is 413 g/mol. The number of rotatable bonds is 6. The maximum atomic E-state index is 7.76. The van der Waals surface area contributed by atoms with Crippen molar-refractivity contribution in [3.8, 4) is 0 Å². The highest BCUT2D eigenvalue weighted by Crippen LogP contribution is 2.31. The summed E-state index contributed by atoms with van der Waals surface area (Å²) in [4.78, 5) is 0. The maximum Gasteiger partial charge on any atom is 0.265 e. The third-order valence-electron chi connectivity index (χ3n) is 3.73. The van der Waals surface area contributed by atoms with Crippen molar-refractivity contribution in [2.45, 2.75) is 35.0 Å². The molecule has 0 radical (unpaired) electrons. The molecule has 140 valence electrons. The highest BCUT2D eigenvalue weighted by atomic mass is 35.6. The molecule has 2 rings (SSSR count). The van der Waals surface area contributed by atoms with Gasteiger partial charge < -0.3 is 23.7 Å². The van der Waals surface area contributed by atoms with Gasteiger partial charge in [-0.15, -0.1) is 0 Å². The monoisotopic (exact) mass is 411 g/mol. The molecule has 0 spiro atoms. The van der Waals surface area contributed by atoms with Gasteiger partial charge in [0, 0.05) is 14.2 Å². The van der Waals surface area contributed by atoms with Crippen LogP contribution in [-0.4, -0.2) is 55.1 Å². The molecule has 1 heterocycles. The molecule has 1 aromatic rings. The standard InChI is InChI=1S/C16H20Cl3NO5/c1-21-11-9-24-14(25-15(20)16(17,18)19)13(12(11)22-2)23-8-10-6-4-3-5-7-10/h3-7,11-14,20H,8-9H2,1-2H3/t11-,12+,13-,14-/m1/s1. The molecule has 6 nitrogen and oxygen atoms in total. The Morgan fingerprint density at radius 1 is 1.16 bits per heavy atom. The van der Waals surface area contributed by atoms with Gasteiger partial charge in [0.15, 0.2) is 0 Å². The number of hydrogen-bond donors (Lipinski definition) is 1. The lowest BCUT2D eigenvalue weighted by atomic mass is 10.0. The van der Waals surface area contributed by atoms with Crippen LogP contribution in [-0.2, 0) is 30.3 Å². The second-order valence-corrected chi connectivity index (χ2v) is 7.66. The van der Waals surface area contributed by atoms with Crippen molar-refractivity contribution in [1.82, 2.24) is 0 Å². The molecule has 4 atom stereocenters. The van der Waals surface area contributed by atoms with Crippen molar-refractivity contribution < 1.29 is 23.7 Å². The topological polar surface area (TPSA) is 70.0 Å². The number of hydrogen-bond acceptors (Lipinski definition) is 6. The van der Waals surface area contributed by atoms with Crippen LogP contribution in [0.4, 0.5) is 0 Å². The van der Waals surface area contributed by atoms with Gasteiger partial charge in [0.1, 0.15) is 18.3 Å². The second-order valence-electron chi connectivity index (χ2n) is 5.38. The van der Waals surface area contributed by atoms with Gasteiger partial charge in [-0.25, -0.2) is 0 Å². The van der Waals surface area contributed by atoms with Crippen LogP contribution in [0.1, 0.15) is 5.56 Å². The SMILES string of the molecule is CO[C@@H]1[C@@H](OCc2ccccc2)[C@@H](OC(=N)C(Cl)(Cl)Cl)OC[C@H]1OC. The zero-order valence-corrected chi connectivity index (χ0v) is 16.1. The van der Waals surface area contributed by atoms with Crippen LogP contribution < -0.4 is 0 Å². The summed E-state index contributed by atoms with van der Waals surface area (Å²) >= 11 is 17.0. The minimum Gasteiger partial charge on any atom is -0.445 e. The molecule has 0 bridgehead atoms. The number of benzene rings is 1. The number of alkyl halides is 3. The van der Waals surface area contributed by atoms with E-state index in [1.807, 2.05) is 30.3 Å². The third kappa shape index (κ3) is 5.69. The largest absolute Gasteiger partial charge is 0.445 e. The van der Waals surface area contributed by atoms with Crippen LogP contribution in [0.5, 0.6) is 0 Å². The highest BCUT2D eigenvalue weighted by Gasteiger charge is 2.45. The number of nitrogens with one attached hydrogen (secondary N) is 1. The predicted molar refractivity (Wildman–Crippen MR) is 95.5 cm³/mol. The van der Waals surface area contributed by atoms with E-state index in [0.717, 1.165) is 5.56 Å². The Hall–Kier alpha value is -0.600. The molecule has 0 aliphatic carbocycles. The number of ether oxygens (including phenoxy) is 5. The Kier molecular flexibility index (Phi) is 7.76. The summed E-state index contributed by atoms with van der Waals surface area (Å²) in [5.74, 6) is -0.554. The molecule has 1 N–H and O–H groups in total. The van der Waals surface area contributed by atoms with E-state index in [4.69, 9.17) is 63.9 Å². The molecule has 0 aromatic heterocycles. The van der Waals surface area contributed by atoms with Crippen LogP contribution >= 0.6 is 34.8 Å². The van der Waals surface area contributed by atoms with Gasteiger partial charge in [-0.05, 0) is 5.56 Å². The first-order valence-corrected chi connectivity index (χ1v) is 8.65. The zero-order chi connectivity index (χ0) is 18.4. The average Bonchev–Trinajstić information content (AvgIpc) is 2.60. The lowest BCUT2D eigenvalue weighted by Gasteiger charge is -2.41. The Morgan fingerprint density at radius 3 is 2.40 bits per heavy atom. The summed E-state index contributed by atoms with van der Waals surface area (Å²) in [5, 5.41) is 7.76. The van der Waals surface area contributed by atoms with Crippen molar-refractivity contribution in [3.63, 3.8) is 0 Å². The number of methoxy groups -OCH3 is 2. The minimum absolute atomic E-state index is 0.192. The highest BCUT2D eigenvalue weighted by molar-refractivity contribution is 6.76. The van der Waals surface area contributed by atoms with E-state index in [1.165, 1.54) is 7.11 Å². The molecule has 1 aliphatic rings. The normalized spacial score (nSPS) is 27.1. The Morgan fingerprint density at radius 2 is 1.84 bits per heavy atom. The van der Waals surface area contributed by atoms with Crippen molar-refractivity contribution in [3.05, 3.63) is 35.9 Å². The number of halogens is 3. The van der Waals surface area contributed by atoms with Crippen LogP contribution in [0.25, 0.3) is 0 Å². The first-order chi connectivity index (χ1) is 11.9. The minimum atomic E-state index is -1.99. The third-order valence-corrected chi connectivity index (χ3v) is 4.25. The Bertz CT molecular complexity index is 554. The van der Waals surface area contributed by atoms with Crippen molar-refractivity contribution in [2.75, 3.05) is 20.8 Å². The molecule has 1 aromatic carbocycles. The lowest BCUT2D eigenvalue weighted by Crippen LogP contribution is -2.57. The Balaban J connectivity index is 2.13. The molecular weight excluding hydrogens is 393 g/mol. The van der Waals surface area contributed by atoms with Crippen molar-refractivity contribution in [2.24, 2.45) is 0 Å². The molecule has 0 saturated carbocycles. The first-order valence-electron chi connectivity index (χ1n) is 7.52. The van der Waals surface area contributed by atoms with E-state index >= 15 is 0 Å². The first kappa shape index (κ1) is 20.7. The molecule has 25 heavy (non-hydrogen) atoms. The van der Waals surface area contributed by atoms with Crippen LogP contribution in [0.15, 0.2) is 30.3 Å². The maximum absolute atomic E-state index is 7.76. The van der Waals surface area contributed by atoms with E-state index in [-0.39, 0.29) is 12.7 Å². The molecule has 1 aliphatic heterocycles. The molecule has 0 amide bonds. The molecule has 1 saturated heterocycles. The van der Waals surface area contributed by atoms with E-state index in [1.54, 1.807) is 7.11 Å². The summed E-state index contributed by atoms with van der Waals surface area (Å²) < 4.78 is 25.8. The summed E-state index contributed by atoms with van der Waals surface area (Å²) in [6.45, 7) is 0.490. The fourth-order valence-electron chi connectivity index (χ4n) is 2.46. The molecule has 9 heteroatoms. The summed E-state index contributed by atoms with van der Waals surface area (Å²) in [5.41, 5.74) is 0.965. The quantitative estimate of drug-likeness (QED) is 0.441. The summed E-state index contributed by atoms with van der Waals surface area (Å²) in [6.07, 6.45) is -2.48. The van der Waals surface area contributed by atoms with Crippen molar-refractivity contribution in [1.29, 1.82) is 5.41 Å². The zero-order valence-electron chi connectivity index (χ0n) is 13.8. The van der Waals surface area contributed by atoms with Gasteiger partial charge in [-0.3, -0.25) is 5.41 Å². The van der Waals surface area contributed by atoms with Gasteiger partial charge in [0.2, 0.25) is 12.2 Å². The van der Waals surface area contributed by atoms with Gasteiger partial charge in [-0.2, -0.15) is 0 Å². The van der Waals surface area contributed by atoms with E-state index in [0.29, 0.717) is 6.61 Å². The van der Waals surface area contributed by atoms with Gasteiger partial charge in [0.25, 0.3) is 3.79 Å². The molecule has 0 unspecified atom stereocenters. The lowest BCUT2D eigenvalue weighted by molar-refractivity contribution is -0.271. The summed E-state index contributed by atoms with van der Waals surface area (Å²) in [6, 6.07) is 9.60. The van der Waals surface area contributed by atoms with Gasteiger partial charge >= 0.3 is 0 Å². The fraction of sp³-hybridized carbons (Fsp3) is 0.562. The smallest absolute Gasteiger partial charge is 0.265 e. The second kappa shape index (κ2) is 9.37. The van der Waals surface area contributed by atoms with E-state index in [9.17, 15) is 0 Å². The van der Waals surface area contributed by atoms with Crippen LogP contribution in [0, 0.1) is 5.41 Å². The molecule has 1 fully saturated rings.